The van der Waals surface area contributed by atoms with Crippen LogP contribution in [0, 0.1) is 0 Å². The molecule has 1 aromatic carbocycles. The van der Waals surface area contributed by atoms with Crippen LogP contribution in [0.15, 0.2) is 52.7 Å². The molecule has 12 heteroatoms. The fourth-order valence-electron chi connectivity index (χ4n) is 2.10. The molecule has 0 aliphatic carbocycles. The maximum Gasteiger partial charge on any atom is 0.266 e. The number of benzene rings is 1. The van der Waals surface area contributed by atoms with E-state index in [0.717, 1.165) is 4.68 Å². The first-order chi connectivity index (χ1) is 12.4. The lowest BCUT2D eigenvalue weighted by Gasteiger charge is -2.10. The van der Waals surface area contributed by atoms with Crippen molar-refractivity contribution in [1.29, 1.82) is 0 Å². The molecule has 0 fully saturated rings. The summed E-state index contributed by atoms with van der Waals surface area (Å²) in [4.78, 5) is 15.6. The Kier molecular flexibility index (Phi) is 5.37. The minimum absolute atomic E-state index is 0.0127. The molecule has 0 aliphatic rings. The molecule has 0 radical (unpaired) electrons. The molecule has 2 heterocycles. The van der Waals surface area contributed by atoms with Gasteiger partial charge in [0.05, 0.1) is 16.6 Å². The van der Waals surface area contributed by atoms with Gasteiger partial charge in [-0.25, -0.2) is 27.5 Å². The molecule has 0 saturated carbocycles. The van der Waals surface area contributed by atoms with Crippen LogP contribution in [-0.4, -0.2) is 39.5 Å². The molecule has 0 atom stereocenters. The topological polar surface area (TPSA) is 112 Å². The Bertz CT molecular complexity index is 1080. The number of hydrogen-bond acceptors (Lipinski definition) is 6. The first-order valence-electron chi connectivity index (χ1n) is 7.25. The summed E-state index contributed by atoms with van der Waals surface area (Å²) in [6.07, 6.45) is 2.76. The van der Waals surface area contributed by atoms with Crippen LogP contribution in [0.5, 0.6) is 0 Å². The van der Waals surface area contributed by atoms with Gasteiger partial charge in [-0.05, 0) is 18.2 Å². The van der Waals surface area contributed by atoms with Crippen LogP contribution in [-0.2, 0) is 16.6 Å². The van der Waals surface area contributed by atoms with Crippen molar-refractivity contribution < 1.29 is 8.42 Å². The number of sulfonamides is 1. The van der Waals surface area contributed by atoms with E-state index in [1.807, 2.05) is 0 Å². The van der Waals surface area contributed by atoms with Crippen molar-refractivity contribution in [3.63, 3.8) is 0 Å². The molecule has 2 aromatic heterocycles. The molecule has 0 unspecified atom stereocenters. The zero-order valence-electron chi connectivity index (χ0n) is 13.1. The van der Waals surface area contributed by atoms with E-state index < -0.39 is 10.0 Å². The standard InChI is InChI=1S/C14H12Cl2N6O3S/c15-10-2-1-3-11(14(10)16)26(24,25)19-6-7-21-13(23)5-4-12(20-21)22-9-17-8-18-22/h1-5,8-9,19H,6-7H2. The summed E-state index contributed by atoms with van der Waals surface area (Å²) < 4.78 is 29.6. The molecule has 0 amide bonds. The first kappa shape index (κ1) is 18.5. The van der Waals surface area contributed by atoms with Crippen molar-refractivity contribution in [2.75, 3.05) is 6.54 Å². The van der Waals surface area contributed by atoms with Gasteiger partial charge in [-0.15, -0.1) is 5.10 Å². The number of aromatic nitrogens is 5. The van der Waals surface area contributed by atoms with Gasteiger partial charge in [0.1, 0.15) is 17.6 Å². The average molecular weight is 415 g/mol. The first-order valence-corrected chi connectivity index (χ1v) is 9.49. The lowest BCUT2D eigenvalue weighted by Crippen LogP contribution is -2.32. The number of rotatable bonds is 6. The van der Waals surface area contributed by atoms with E-state index in [1.54, 1.807) is 0 Å². The van der Waals surface area contributed by atoms with E-state index in [0.29, 0.717) is 5.82 Å². The third-order valence-corrected chi connectivity index (χ3v) is 5.76. The molecule has 1 N–H and O–H groups in total. The highest BCUT2D eigenvalue weighted by atomic mass is 35.5. The van der Waals surface area contributed by atoms with Crippen LogP contribution in [0.4, 0.5) is 0 Å². The Morgan fingerprint density at radius 3 is 2.69 bits per heavy atom. The molecule has 0 aliphatic heterocycles. The Balaban J connectivity index is 1.75. The van der Waals surface area contributed by atoms with E-state index in [9.17, 15) is 13.2 Å². The second kappa shape index (κ2) is 7.54. The molecule has 26 heavy (non-hydrogen) atoms. The van der Waals surface area contributed by atoms with Gasteiger partial charge in [0.25, 0.3) is 5.56 Å². The second-order valence-electron chi connectivity index (χ2n) is 5.04. The molecular formula is C14H12Cl2N6O3S. The highest BCUT2D eigenvalue weighted by Crippen LogP contribution is 2.28. The van der Waals surface area contributed by atoms with Crippen LogP contribution < -0.4 is 10.3 Å². The quantitative estimate of drug-likeness (QED) is 0.646. The van der Waals surface area contributed by atoms with E-state index in [-0.39, 0.29) is 33.6 Å². The molecule has 136 valence electrons. The van der Waals surface area contributed by atoms with Crippen molar-refractivity contribution in [2.45, 2.75) is 11.4 Å². The lowest BCUT2D eigenvalue weighted by molar-refractivity contribution is 0.542. The fourth-order valence-corrected chi connectivity index (χ4v) is 3.88. The van der Waals surface area contributed by atoms with Crippen LogP contribution in [0.2, 0.25) is 10.0 Å². The zero-order chi connectivity index (χ0) is 18.7. The fraction of sp³-hybridized carbons (Fsp3) is 0.143. The van der Waals surface area contributed by atoms with Gasteiger partial charge in [0.2, 0.25) is 10.0 Å². The summed E-state index contributed by atoms with van der Waals surface area (Å²) in [5.41, 5.74) is -0.381. The van der Waals surface area contributed by atoms with Gasteiger partial charge >= 0.3 is 0 Å². The number of nitrogens with zero attached hydrogens (tertiary/aromatic N) is 5. The van der Waals surface area contributed by atoms with Crippen molar-refractivity contribution in [2.24, 2.45) is 0 Å². The maximum absolute atomic E-state index is 12.3. The van der Waals surface area contributed by atoms with Crippen molar-refractivity contribution in [1.82, 2.24) is 29.3 Å². The summed E-state index contributed by atoms with van der Waals surface area (Å²) in [6.45, 7) is -0.0579. The summed E-state index contributed by atoms with van der Waals surface area (Å²) >= 11 is 11.8. The Hall–Kier alpha value is -2.27. The number of nitrogens with one attached hydrogen (secondary N) is 1. The van der Waals surface area contributed by atoms with Gasteiger partial charge in [0, 0.05) is 12.6 Å². The summed E-state index contributed by atoms with van der Waals surface area (Å²) in [5.74, 6) is 0.378. The molecule has 0 spiro atoms. The predicted octanol–water partition coefficient (Wildman–Crippen LogP) is 1.11. The predicted molar refractivity (Wildman–Crippen MR) is 95.1 cm³/mol. The van der Waals surface area contributed by atoms with E-state index >= 15 is 0 Å². The Labute approximate surface area is 158 Å². The highest BCUT2D eigenvalue weighted by molar-refractivity contribution is 7.89. The normalized spacial score (nSPS) is 11.6. The van der Waals surface area contributed by atoms with Gasteiger partial charge in [-0.2, -0.15) is 5.10 Å². The smallest absolute Gasteiger partial charge is 0.266 e. The summed E-state index contributed by atoms with van der Waals surface area (Å²) in [6, 6.07) is 7.11. The summed E-state index contributed by atoms with van der Waals surface area (Å²) in [7, 11) is -3.89. The van der Waals surface area contributed by atoms with Gasteiger partial charge < -0.3 is 0 Å². The van der Waals surface area contributed by atoms with E-state index in [4.69, 9.17) is 23.2 Å². The van der Waals surface area contributed by atoms with Crippen LogP contribution in [0.1, 0.15) is 0 Å². The molecule has 0 saturated heterocycles. The molecular weight excluding hydrogens is 403 g/mol. The van der Waals surface area contributed by atoms with Gasteiger partial charge in [-0.3, -0.25) is 4.79 Å². The van der Waals surface area contributed by atoms with E-state index in [2.05, 4.69) is 19.9 Å². The monoisotopic (exact) mass is 414 g/mol. The number of hydrogen-bond donors (Lipinski definition) is 1. The van der Waals surface area contributed by atoms with Crippen LogP contribution in [0.3, 0.4) is 0 Å². The lowest BCUT2D eigenvalue weighted by atomic mass is 10.4. The molecule has 3 aromatic rings. The van der Waals surface area contributed by atoms with Gasteiger partial charge in [-0.1, -0.05) is 29.3 Å². The van der Waals surface area contributed by atoms with E-state index in [1.165, 1.54) is 47.7 Å². The SMILES string of the molecule is O=c1ccc(-n2cncn2)nn1CCNS(=O)(=O)c1cccc(Cl)c1Cl. The summed E-state index contributed by atoms with van der Waals surface area (Å²) in [5, 5.41) is 8.11. The average Bonchev–Trinajstić information content (AvgIpc) is 3.13. The van der Waals surface area contributed by atoms with Crippen molar-refractivity contribution >= 4 is 33.2 Å². The third-order valence-electron chi connectivity index (χ3n) is 3.33. The largest absolute Gasteiger partial charge is 0.268 e. The second-order valence-corrected chi connectivity index (χ2v) is 7.56. The van der Waals surface area contributed by atoms with Crippen molar-refractivity contribution in [3.05, 3.63) is 63.4 Å². The van der Waals surface area contributed by atoms with Crippen LogP contribution in [0.25, 0.3) is 5.82 Å². The molecule has 0 bridgehead atoms. The highest BCUT2D eigenvalue weighted by Gasteiger charge is 2.19. The van der Waals surface area contributed by atoms with Crippen molar-refractivity contribution in [3.8, 4) is 5.82 Å². The molecule has 3 rings (SSSR count). The maximum atomic E-state index is 12.3. The number of halogens is 2. The van der Waals surface area contributed by atoms with Gasteiger partial charge in [0.15, 0.2) is 5.82 Å². The molecule has 9 nitrogen and oxygen atoms in total. The zero-order valence-corrected chi connectivity index (χ0v) is 15.4. The van der Waals surface area contributed by atoms with Crippen LogP contribution >= 0.6 is 23.2 Å². The third kappa shape index (κ3) is 3.93. The Morgan fingerprint density at radius 2 is 1.96 bits per heavy atom. The minimum atomic E-state index is -3.89. The minimum Gasteiger partial charge on any atom is -0.268 e. The Morgan fingerprint density at radius 1 is 1.15 bits per heavy atom.